The second-order valence-electron chi connectivity index (χ2n) is 9.98. The largest absolute Gasteiger partial charge is 0.385 e. The second kappa shape index (κ2) is 11.0. The minimum atomic E-state index is -0.796. The number of amides is 1. The number of rotatable bonds is 8. The van der Waals surface area contributed by atoms with Crippen LogP contribution in [-0.2, 0) is 15.8 Å². The van der Waals surface area contributed by atoms with Crippen LogP contribution < -0.4 is 0 Å². The van der Waals surface area contributed by atoms with Gasteiger partial charge in [0.15, 0.2) is 0 Å². The molecule has 1 aliphatic carbocycles. The summed E-state index contributed by atoms with van der Waals surface area (Å²) >= 11 is 6.05. The van der Waals surface area contributed by atoms with E-state index in [0.29, 0.717) is 17.5 Å². The third-order valence-corrected chi connectivity index (χ3v) is 8.21. The van der Waals surface area contributed by atoms with Gasteiger partial charge in [0.2, 0.25) is 5.91 Å². The van der Waals surface area contributed by atoms with Gasteiger partial charge in [0.25, 0.3) is 0 Å². The molecule has 0 unspecified atom stereocenters. The van der Waals surface area contributed by atoms with Gasteiger partial charge in [-0.3, -0.25) is 4.79 Å². The lowest BCUT2D eigenvalue weighted by Crippen LogP contribution is -2.46. The van der Waals surface area contributed by atoms with Crippen molar-refractivity contribution in [2.45, 2.75) is 56.5 Å². The van der Waals surface area contributed by atoms with Gasteiger partial charge in [-0.05, 0) is 80.2 Å². The van der Waals surface area contributed by atoms with Crippen molar-refractivity contribution >= 4 is 17.5 Å². The zero-order chi connectivity index (χ0) is 24.9. The Morgan fingerprint density at radius 2 is 1.46 bits per heavy atom. The molecule has 1 aliphatic rings. The first-order chi connectivity index (χ1) is 16.9. The fourth-order valence-electron chi connectivity index (χ4n) is 5.64. The summed E-state index contributed by atoms with van der Waals surface area (Å²) in [5.41, 5.74) is 1.52. The lowest BCUT2D eigenvalue weighted by molar-refractivity contribution is -0.134. The van der Waals surface area contributed by atoms with Crippen LogP contribution in [0.3, 0.4) is 0 Å². The Morgan fingerprint density at radius 3 is 1.94 bits per heavy atom. The van der Waals surface area contributed by atoms with Gasteiger partial charge in [-0.2, -0.15) is 0 Å². The van der Waals surface area contributed by atoms with Crippen LogP contribution in [0.1, 0.15) is 62.1 Å². The van der Waals surface area contributed by atoms with Crippen LogP contribution in [0.25, 0.3) is 0 Å². The zero-order valence-electron chi connectivity index (χ0n) is 20.8. The van der Waals surface area contributed by atoms with E-state index in [1.807, 2.05) is 79.5 Å². The van der Waals surface area contributed by atoms with Crippen molar-refractivity contribution in [3.05, 3.63) is 107 Å². The van der Waals surface area contributed by atoms with E-state index in [-0.39, 0.29) is 5.91 Å². The van der Waals surface area contributed by atoms with Crippen molar-refractivity contribution in [1.82, 2.24) is 4.90 Å². The van der Waals surface area contributed by atoms with Crippen molar-refractivity contribution in [2.75, 3.05) is 13.6 Å². The summed E-state index contributed by atoms with van der Waals surface area (Å²) in [6.45, 7) is 2.69. The Bertz CT molecular complexity index is 1050. The maximum absolute atomic E-state index is 14.1. The highest BCUT2D eigenvalue weighted by Gasteiger charge is 2.44. The monoisotopic (exact) mass is 489 g/mol. The van der Waals surface area contributed by atoms with E-state index in [0.717, 1.165) is 55.2 Å². The van der Waals surface area contributed by atoms with Gasteiger partial charge in [-0.1, -0.05) is 84.4 Å². The maximum Gasteiger partial charge on any atom is 0.237 e. The fourth-order valence-corrected chi connectivity index (χ4v) is 5.76. The van der Waals surface area contributed by atoms with Gasteiger partial charge in [-0.25, -0.2) is 0 Å². The van der Waals surface area contributed by atoms with E-state index in [1.54, 1.807) is 0 Å². The highest BCUT2D eigenvalue weighted by Crippen LogP contribution is 2.45. The average Bonchev–Trinajstić information content (AvgIpc) is 2.91. The number of nitrogens with zero attached hydrogens (tertiary/aromatic N) is 1. The molecule has 0 bridgehead atoms. The van der Waals surface area contributed by atoms with Crippen molar-refractivity contribution in [1.29, 1.82) is 0 Å². The Balaban J connectivity index is 1.59. The number of likely N-dealkylation sites (N-methyl/N-ethyl adjacent to an activating group) is 1. The van der Waals surface area contributed by atoms with E-state index in [4.69, 9.17) is 11.6 Å². The smallest absolute Gasteiger partial charge is 0.237 e. The molecule has 1 fully saturated rings. The van der Waals surface area contributed by atoms with Crippen LogP contribution in [0.4, 0.5) is 0 Å². The van der Waals surface area contributed by atoms with E-state index < -0.39 is 11.0 Å². The van der Waals surface area contributed by atoms with Crippen molar-refractivity contribution in [2.24, 2.45) is 5.92 Å². The minimum Gasteiger partial charge on any atom is -0.385 e. The van der Waals surface area contributed by atoms with E-state index in [9.17, 15) is 9.90 Å². The van der Waals surface area contributed by atoms with E-state index in [1.165, 1.54) is 0 Å². The normalized spacial score (nSPS) is 20.4. The summed E-state index contributed by atoms with van der Waals surface area (Å²) in [5, 5.41) is 12.0. The summed E-state index contributed by atoms with van der Waals surface area (Å²) in [4.78, 5) is 15.9. The lowest BCUT2D eigenvalue weighted by Gasteiger charge is -2.40. The SMILES string of the molecule is CCN(C)C(=O)C(CCC1CCC(O)(c2ccc(Cl)cc2)CC1)(c1ccccc1)c1ccccc1. The van der Waals surface area contributed by atoms with Crippen LogP contribution >= 0.6 is 11.6 Å². The molecule has 0 heterocycles. The Labute approximate surface area is 214 Å². The predicted octanol–water partition coefficient (Wildman–Crippen LogP) is 6.96. The van der Waals surface area contributed by atoms with Crippen molar-refractivity contribution in [3.8, 4) is 0 Å². The molecular weight excluding hydrogens is 454 g/mol. The average molecular weight is 490 g/mol. The quantitative estimate of drug-likeness (QED) is 0.371. The van der Waals surface area contributed by atoms with E-state index in [2.05, 4.69) is 24.3 Å². The van der Waals surface area contributed by atoms with Crippen LogP contribution in [0.2, 0.25) is 5.02 Å². The number of benzene rings is 3. The minimum absolute atomic E-state index is 0.144. The first-order valence-corrected chi connectivity index (χ1v) is 13.1. The van der Waals surface area contributed by atoms with Gasteiger partial charge >= 0.3 is 0 Å². The van der Waals surface area contributed by atoms with Crippen LogP contribution in [0.15, 0.2) is 84.9 Å². The fraction of sp³-hybridized carbons (Fsp3) is 0.387. The number of hydrogen-bond acceptors (Lipinski definition) is 2. The summed E-state index contributed by atoms with van der Waals surface area (Å²) in [5.74, 6) is 0.611. The zero-order valence-corrected chi connectivity index (χ0v) is 21.5. The van der Waals surface area contributed by atoms with Gasteiger partial charge in [0, 0.05) is 18.6 Å². The summed E-state index contributed by atoms with van der Waals surface area (Å²) in [6, 6.07) is 28.1. The number of carbonyl (C=O) groups excluding carboxylic acids is 1. The molecule has 0 aliphatic heterocycles. The summed E-state index contributed by atoms with van der Waals surface area (Å²) < 4.78 is 0. The highest BCUT2D eigenvalue weighted by atomic mass is 35.5. The molecule has 1 saturated carbocycles. The molecule has 4 heteroatoms. The molecule has 1 amide bonds. The molecule has 35 heavy (non-hydrogen) atoms. The molecule has 3 nitrogen and oxygen atoms in total. The molecule has 4 rings (SSSR count). The molecular formula is C31H36ClNO2. The topological polar surface area (TPSA) is 40.5 Å². The molecule has 3 aromatic carbocycles. The van der Waals surface area contributed by atoms with Crippen molar-refractivity contribution in [3.63, 3.8) is 0 Å². The highest BCUT2D eigenvalue weighted by molar-refractivity contribution is 6.30. The Morgan fingerprint density at radius 1 is 0.943 bits per heavy atom. The van der Waals surface area contributed by atoms with E-state index >= 15 is 0 Å². The third kappa shape index (κ3) is 5.32. The van der Waals surface area contributed by atoms with Crippen molar-refractivity contribution < 1.29 is 9.90 Å². The standard InChI is InChI=1S/C31H36ClNO2/c1-3-33(2)29(34)31(26-10-6-4-7-11-26,27-12-8-5-9-13-27)23-20-24-18-21-30(35,22-19-24)25-14-16-28(32)17-15-25/h4-17,24,35H,3,18-23H2,1-2H3. The van der Waals surface area contributed by atoms with Crippen LogP contribution in [0, 0.1) is 5.92 Å². The molecule has 0 saturated heterocycles. The van der Waals surface area contributed by atoms with Gasteiger partial charge in [0.05, 0.1) is 11.0 Å². The molecule has 3 aromatic rings. The van der Waals surface area contributed by atoms with Gasteiger partial charge in [-0.15, -0.1) is 0 Å². The van der Waals surface area contributed by atoms with Gasteiger partial charge < -0.3 is 10.0 Å². The number of halogens is 1. The summed E-state index contributed by atoms with van der Waals surface area (Å²) in [6.07, 6.45) is 5.02. The first-order valence-electron chi connectivity index (χ1n) is 12.7. The maximum atomic E-state index is 14.1. The van der Waals surface area contributed by atoms with Crippen LogP contribution in [-0.4, -0.2) is 29.5 Å². The molecule has 0 aromatic heterocycles. The second-order valence-corrected chi connectivity index (χ2v) is 10.4. The molecule has 0 atom stereocenters. The molecule has 184 valence electrons. The molecule has 0 spiro atoms. The Kier molecular flexibility index (Phi) is 7.98. The number of carbonyl (C=O) groups is 1. The number of aliphatic hydroxyl groups is 1. The third-order valence-electron chi connectivity index (χ3n) is 7.96. The lowest BCUT2D eigenvalue weighted by atomic mass is 9.67. The Hall–Kier alpha value is -2.62. The predicted molar refractivity (Wildman–Crippen MR) is 144 cm³/mol. The van der Waals surface area contributed by atoms with Crippen LogP contribution in [0.5, 0.6) is 0 Å². The molecule has 0 radical (unpaired) electrons. The number of hydrogen-bond donors (Lipinski definition) is 1. The molecule has 1 N–H and O–H groups in total. The summed E-state index contributed by atoms with van der Waals surface area (Å²) in [7, 11) is 1.90. The first kappa shape index (κ1) is 25.5. The van der Waals surface area contributed by atoms with Gasteiger partial charge in [0.1, 0.15) is 0 Å².